The molecule has 0 aromatic heterocycles. The van der Waals surface area contributed by atoms with Crippen LogP contribution in [0.25, 0.3) is 0 Å². The van der Waals surface area contributed by atoms with E-state index < -0.39 is 22.4 Å². The number of nitrogens with zero attached hydrogens (tertiary/aromatic N) is 1. The molecule has 0 unspecified atom stereocenters. The van der Waals surface area contributed by atoms with Gasteiger partial charge in [0.25, 0.3) is 6.08 Å². The normalized spacial score (nSPS) is 10.4. The average Bonchev–Trinajstić information content (AvgIpc) is 1.81. The van der Waals surface area contributed by atoms with Crippen molar-refractivity contribution in [1.82, 2.24) is 4.72 Å². The minimum atomic E-state index is -4.30. The van der Waals surface area contributed by atoms with Crippen molar-refractivity contribution in [2.45, 2.75) is 20.0 Å². The predicted molar refractivity (Wildman–Crippen MR) is 41.8 cm³/mol. The van der Waals surface area contributed by atoms with Gasteiger partial charge in [0.1, 0.15) is 0 Å². The van der Waals surface area contributed by atoms with Crippen molar-refractivity contribution < 1.29 is 22.7 Å². The van der Waals surface area contributed by atoms with Gasteiger partial charge in [-0.3, -0.25) is 0 Å². The molecule has 0 aliphatic rings. The molecule has 0 rings (SSSR count). The summed E-state index contributed by atoms with van der Waals surface area (Å²) in [6.07, 6.45) is -0.865. The third-order valence-corrected chi connectivity index (χ3v) is 1.45. The van der Waals surface area contributed by atoms with E-state index in [1.165, 1.54) is 18.6 Å². The van der Waals surface area contributed by atoms with E-state index in [4.69, 9.17) is 0 Å². The minimum Gasteiger partial charge on any atom is -0.446 e. The number of hydrogen-bond acceptors (Lipinski definition) is 5. The van der Waals surface area contributed by atoms with Gasteiger partial charge in [-0.05, 0) is 13.8 Å². The van der Waals surface area contributed by atoms with E-state index >= 15 is 0 Å². The Morgan fingerprint density at radius 1 is 1.54 bits per heavy atom. The minimum absolute atomic E-state index is 0.463. The fourth-order valence-corrected chi connectivity index (χ4v) is 0.818. The lowest BCUT2D eigenvalue weighted by atomic mass is 10.5. The molecule has 0 radical (unpaired) electrons. The molecule has 0 aromatic rings. The van der Waals surface area contributed by atoms with Gasteiger partial charge < -0.3 is 4.74 Å². The zero-order valence-electron chi connectivity index (χ0n) is 6.97. The van der Waals surface area contributed by atoms with Gasteiger partial charge in [0.2, 0.25) is 0 Å². The Labute approximate surface area is 75.0 Å². The number of hydrogen-bond donors (Lipinski definition) is 1. The lowest BCUT2D eigenvalue weighted by Crippen LogP contribution is -2.31. The monoisotopic (exact) mass is 208 g/mol. The van der Waals surface area contributed by atoms with Crippen molar-refractivity contribution in [1.29, 1.82) is 0 Å². The summed E-state index contributed by atoms with van der Waals surface area (Å²) in [5, 5.41) is 0. The molecule has 0 spiro atoms. The first-order chi connectivity index (χ1) is 5.87. The maximum atomic E-state index is 10.6. The van der Waals surface area contributed by atoms with Gasteiger partial charge in [0, 0.05) is 0 Å². The van der Waals surface area contributed by atoms with Gasteiger partial charge in [-0.15, -0.1) is 0 Å². The largest absolute Gasteiger partial charge is 0.446 e. The van der Waals surface area contributed by atoms with E-state index in [0.717, 1.165) is 6.08 Å². The van der Waals surface area contributed by atoms with Crippen molar-refractivity contribution >= 4 is 22.4 Å². The topological polar surface area (TPSA) is 102 Å². The molecule has 13 heavy (non-hydrogen) atoms. The molecule has 0 fully saturated rings. The summed E-state index contributed by atoms with van der Waals surface area (Å²) in [4.78, 5) is 20.2. The number of carbonyl (C=O) groups is 1. The Bertz CT molecular complexity index is 327. The van der Waals surface area contributed by atoms with Gasteiger partial charge in [-0.25, -0.2) is 9.59 Å². The van der Waals surface area contributed by atoms with E-state index in [9.17, 15) is 18.0 Å². The average molecular weight is 208 g/mol. The highest BCUT2D eigenvalue weighted by molar-refractivity contribution is 7.88. The molecule has 0 aliphatic carbocycles. The summed E-state index contributed by atoms with van der Waals surface area (Å²) in [6, 6.07) is 0. The molecule has 1 N–H and O–H groups in total. The predicted octanol–water partition coefficient (Wildman–Crippen LogP) is -0.298. The Morgan fingerprint density at radius 3 is 2.46 bits per heavy atom. The van der Waals surface area contributed by atoms with Crippen LogP contribution in [0.3, 0.4) is 0 Å². The van der Waals surface area contributed by atoms with Crippen LogP contribution in [0.1, 0.15) is 13.8 Å². The van der Waals surface area contributed by atoms with Crippen LogP contribution >= 0.6 is 0 Å². The third-order valence-electron chi connectivity index (χ3n) is 0.712. The first-order valence-electron chi connectivity index (χ1n) is 3.20. The lowest BCUT2D eigenvalue weighted by molar-refractivity contribution is 0.121. The Kier molecular flexibility index (Phi) is 4.09. The quantitative estimate of drug-likeness (QED) is 0.506. The third kappa shape index (κ3) is 5.83. The smallest absolute Gasteiger partial charge is 0.422 e. The molecular formula is C5H8N2O5S. The van der Waals surface area contributed by atoms with Crippen LogP contribution in [-0.2, 0) is 19.7 Å². The standard InChI is InChI=1S/C5H8N2O5S/c1-4(2)12-5(9)7-13(10,11)6-3-8/h4H,1-2H3,(H,7,9). The number of nitrogens with one attached hydrogen (secondary N) is 1. The summed E-state index contributed by atoms with van der Waals surface area (Å²) in [5.74, 6) is 0. The van der Waals surface area contributed by atoms with Gasteiger partial charge in [-0.1, -0.05) is 4.40 Å². The van der Waals surface area contributed by atoms with Crippen LogP contribution < -0.4 is 4.72 Å². The van der Waals surface area contributed by atoms with Crippen molar-refractivity contribution in [3.63, 3.8) is 0 Å². The fraction of sp³-hybridized carbons (Fsp3) is 0.600. The highest BCUT2D eigenvalue weighted by atomic mass is 32.2. The highest BCUT2D eigenvalue weighted by Crippen LogP contribution is 1.91. The van der Waals surface area contributed by atoms with Crippen LogP contribution in [0.2, 0.25) is 0 Å². The zero-order chi connectivity index (χ0) is 10.5. The van der Waals surface area contributed by atoms with Gasteiger partial charge in [0.15, 0.2) is 0 Å². The number of rotatable bonds is 3. The number of carbonyl (C=O) groups excluding carboxylic acids is 2. The molecule has 0 saturated carbocycles. The maximum Gasteiger partial charge on any atom is 0.422 e. The maximum absolute atomic E-state index is 10.6. The molecule has 0 atom stereocenters. The number of isocyanates is 1. The zero-order valence-corrected chi connectivity index (χ0v) is 7.79. The summed E-state index contributed by atoms with van der Waals surface area (Å²) < 4.78 is 29.3. The Balaban J connectivity index is 4.30. The summed E-state index contributed by atoms with van der Waals surface area (Å²) in [5.41, 5.74) is 0. The number of amides is 1. The molecule has 0 aromatic carbocycles. The van der Waals surface area contributed by atoms with Crippen molar-refractivity contribution in [2.24, 2.45) is 4.40 Å². The Morgan fingerprint density at radius 2 is 2.08 bits per heavy atom. The summed E-state index contributed by atoms with van der Waals surface area (Å²) in [6.45, 7) is 3.07. The molecule has 1 amide bonds. The second-order valence-electron chi connectivity index (χ2n) is 2.21. The van der Waals surface area contributed by atoms with Crippen LogP contribution in [0.5, 0.6) is 0 Å². The van der Waals surface area contributed by atoms with Crippen molar-refractivity contribution in [2.75, 3.05) is 0 Å². The second kappa shape index (κ2) is 4.58. The van der Waals surface area contributed by atoms with Crippen molar-refractivity contribution in [3.8, 4) is 0 Å². The highest BCUT2D eigenvalue weighted by Gasteiger charge is 2.14. The molecular weight excluding hydrogens is 200 g/mol. The summed E-state index contributed by atoms with van der Waals surface area (Å²) >= 11 is 0. The molecule has 74 valence electrons. The molecule has 0 saturated heterocycles. The van der Waals surface area contributed by atoms with Gasteiger partial charge >= 0.3 is 16.3 Å². The Hall–Kier alpha value is -1.40. The first-order valence-corrected chi connectivity index (χ1v) is 4.64. The lowest BCUT2D eigenvalue weighted by Gasteiger charge is -2.06. The van der Waals surface area contributed by atoms with Gasteiger partial charge in [0.05, 0.1) is 6.10 Å². The molecule has 7 nitrogen and oxygen atoms in total. The van der Waals surface area contributed by atoms with E-state index in [0.29, 0.717) is 0 Å². The molecule has 0 aliphatic heterocycles. The fourth-order valence-electron chi connectivity index (χ4n) is 0.415. The van der Waals surface area contributed by atoms with Crippen LogP contribution in [0.15, 0.2) is 4.40 Å². The van der Waals surface area contributed by atoms with E-state index in [-0.39, 0.29) is 0 Å². The van der Waals surface area contributed by atoms with Crippen LogP contribution in [0, 0.1) is 0 Å². The van der Waals surface area contributed by atoms with Crippen LogP contribution in [0.4, 0.5) is 4.79 Å². The van der Waals surface area contributed by atoms with Gasteiger partial charge in [-0.2, -0.15) is 13.1 Å². The van der Waals surface area contributed by atoms with Crippen LogP contribution in [-0.4, -0.2) is 26.7 Å². The van der Waals surface area contributed by atoms with E-state index in [1.807, 2.05) is 0 Å². The molecule has 0 bridgehead atoms. The first kappa shape index (κ1) is 11.6. The summed E-state index contributed by atoms with van der Waals surface area (Å²) in [7, 11) is -4.30. The molecule has 8 heteroatoms. The van der Waals surface area contributed by atoms with E-state index in [2.05, 4.69) is 9.13 Å². The SMILES string of the molecule is CC(C)OC(=O)NS(=O)(=O)N=C=O. The van der Waals surface area contributed by atoms with Crippen molar-refractivity contribution in [3.05, 3.63) is 0 Å². The second-order valence-corrected chi connectivity index (χ2v) is 3.55. The van der Waals surface area contributed by atoms with E-state index in [1.54, 1.807) is 0 Å². The number of ether oxygens (including phenoxy) is 1. The molecule has 0 heterocycles.